The summed E-state index contributed by atoms with van der Waals surface area (Å²) in [5.41, 5.74) is 1.23. The number of rotatable bonds is 3. The Morgan fingerprint density at radius 3 is 2.57 bits per heavy atom. The Hall–Kier alpha value is -1.26. The SMILES string of the molecule is COc1cccc(N2CCN([C@@H]3CCCC[C@H]3O)CC2)c1. The van der Waals surface area contributed by atoms with E-state index in [0.717, 1.165) is 44.8 Å². The van der Waals surface area contributed by atoms with Crippen LogP contribution in [0.2, 0.25) is 0 Å². The molecule has 2 fully saturated rings. The summed E-state index contributed by atoms with van der Waals surface area (Å²) < 4.78 is 5.31. The number of aliphatic hydroxyl groups excluding tert-OH is 1. The Morgan fingerprint density at radius 2 is 1.86 bits per heavy atom. The van der Waals surface area contributed by atoms with Gasteiger partial charge in [0.15, 0.2) is 0 Å². The molecule has 21 heavy (non-hydrogen) atoms. The minimum atomic E-state index is -0.123. The van der Waals surface area contributed by atoms with Crippen LogP contribution in [0.15, 0.2) is 24.3 Å². The van der Waals surface area contributed by atoms with Crippen molar-refractivity contribution in [3.8, 4) is 5.75 Å². The highest BCUT2D eigenvalue weighted by atomic mass is 16.5. The normalized spacial score (nSPS) is 27.6. The fourth-order valence-corrected chi connectivity index (χ4v) is 3.64. The summed E-state index contributed by atoms with van der Waals surface area (Å²) in [6.07, 6.45) is 4.45. The van der Waals surface area contributed by atoms with Gasteiger partial charge in [-0.25, -0.2) is 0 Å². The highest BCUT2D eigenvalue weighted by molar-refractivity contribution is 5.51. The first-order valence-corrected chi connectivity index (χ1v) is 8.09. The first-order valence-electron chi connectivity index (χ1n) is 8.09. The molecule has 1 aromatic carbocycles. The van der Waals surface area contributed by atoms with Gasteiger partial charge < -0.3 is 14.7 Å². The van der Waals surface area contributed by atoms with Crippen molar-refractivity contribution in [2.24, 2.45) is 0 Å². The average molecular weight is 290 g/mol. The van der Waals surface area contributed by atoms with Crippen LogP contribution < -0.4 is 9.64 Å². The molecule has 1 saturated carbocycles. The zero-order valence-electron chi connectivity index (χ0n) is 12.9. The summed E-state index contributed by atoms with van der Waals surface area (Å²) in [5, 5.41) is 10.2. The van der Waals surface area contributed by atoms with E-state index in [9.17, 15) is 5.11 Å². The zero-order valence-corrected chi connectivity index (χ0v) is 12.9. The number of nitrogens with zero attached hydrogens (tertiary/aromatic N) is 2. The van der Waals surface area contributed by atoms with Crippen LogP contribution in [-0.2, 0) is 0 Å². The van der Waals surface area contributed by atoms with Gasteiger partial charge in [-0.2, -0.15) is 0 Å². The Bertz CT molecular complexity index is 458. The number of methoxy groups -OCH3 is 1. The van der Waals surface area contributed by atoms with Crippen LogP contribution in [0.3, 0.4) is 0 Å². The van der Waals surface area contributed by atoms with Crippen molar-refractivity contribution in [2.75, 3.05) is 38.2 Å². The summed E-state index contributed by atoms with van der Waals surface area (Å²) in [6, 6.07) is 8.66. The van der Waals surface area contributed by atoms with Crippen LogP contribution >= 0.6 is 0 Å². The third-order valence-corrected chi connectivity index (χ3v) is 4.90. The van der Waals surface area contributed by atoms with Crippen molar-refractivity contribution in [3.05, 3.63) is 24.3 Å². The molecule has 0 bridgehead atoms. The van der Waals surface area contributed by atoms with E-state index in [1.165, 1.54) is 18.5 Å². The smallest absolute Gasteiger partial charge is 0.120 e. The Labute approximate surface area is 127 Å². The van der Waals surface area contributed by atoms with Crippen LogP contribution in [0.25, 0.3) is 0 Å². The minimum Gasteiger partial charge on any atom is -0.497 e. The molecule has 1 aliphatic heterocycles. The van der Waals surface area contributed by atoms with Gasteiger partial charge in [-0.15, -0.1) is 0 Å². The van der Waals surface area contributed by atoms with Gasteiger partial charge >= 0.3 is 0 Å². The standard InChI is InChI=1S/C17H26N2O2/c1-21-15-6-4-5-14(13-15)18-9-11-19(12-10-18)16-7-2-3-8-17(16)20/h4-6,13,16-17,20H,2-3,7-12H2,1H3/t16-,17-/m1/s1. The lowest BCUT2D eigenvalue weighted by Gasteiger charge is -2.43. The molecule has 1 aromatic rings. The second kappa shape index (κ2) is 6.67. The molecule has 1 saturated heterocycles. The maximum absolute atomic E-state index is 10.2. The second-order valence-electron chi connectivity index (χ2n) is 6.14. The van der Waals surface area contributed by atoms with E-state index < -0.39 is 0 Å². The topological polar surface area (TPSA) is 35.9 Å². The van der Waals surface area contributed by atoms with Crippen LogP contribution in [0, 0.1) is 0 Å². The molecule has 2 aliphatic rings. The molecule has 0 radical (unpaired) electrons. The van der Waals surface area contributed by atoms with E-state index in [1.807, 2.05) is 12.1 Å². The first-order chi connectivity index (χ1) is 10.3. The molecule has 0 spiro atoms. The lowest BCUT2D eigenvalue weighted by atomic mass is 9.91. The third kappa shape index (κ3) is 3.33. The van der Waals surface area contributed by atoms with Crippen LogP contribution in [0.5, 0.6) is 5.75 Å². The highest BCUT2D eigenvalue weighted by Gasteiger charge is 2.30. The largest absolute Gasteiger partial charge is 0.497 e. The van der Waals surface area contributed by atoms with E-state index in [-0.39, 0.29) is 6.10 Å². The van der Waals surface area contributed by atoms with Gasteiger partial charge in [-0.05, 0) is 25.0 Å². The zero-order chi connectivity index (χ0) is 14.7. The van der Waals surface area contributed by atoms with Crippen molar-refractivity contribution in [2.45, 2.75) is 37.8 Å². The number of aliphatic hydroxyl groups is 1. The average Bonchev–Trinajstić information content (AvgIpc) is 2.56. The molecule has 2 atom stereocenters. The number of benzene rings is 1. The van der Waals surface area contributed by atoms with Gasteiger partial charge in [-0.1, -0.05) is 18.9 Å². The number of piperazine rings is 1. The maximum atomic E-state index is 10.2. The summed E-state index contributed by atoms with van der Waals surface area (Å²) in [6.45, 7) is 4.13. The van der Waals surface area contributed by atoms with E-state index in [4.69, 9.17) is 4.74 Å². The molecular weight excluding hydrogens is 264 g/mol. The lowest BCUT2D eigenvalue weighted by Crippen LogP contribution is -2.54. The lowest BCUT2D eigenvalue weighted by molar-refractivity contribution is 0.0173. The number of hydrogen-bond donors (Lipinski definition) is 1. The molecule has 0 aromatic heterocycles. The monoisotopic (exact) mass is 290 g/mol. The van der Waals surface area contributed by atoms with Crippen LogP contribution in [0.1, 0.15) is 25.7 Å². The molecule has 0 unspecified atom stereocenters. The van der Waals surface area contributed by atoms with Crippen molar-refractivity contribution >= 4 is 5.69 Å². The third-order valence-electron chi connectivity index (χ3n) is 4.90. The molecule has 116 valence electrons. The Kier molecular flexibility index (Phi) is 4.66. The first kappa shape index (κ1) is 14.7. The van der Waals surface area contributed by atoms with Gasteiger partial charge in [-0.3, -0.25) is 4.90 Å². The van der Waals surface area contributed by atoms with E-state index in [1.54, 1.807) is 7.11 Å². The van der Waals surface area contributed by atoms with E-state index in [0.29, 0.717) is 6.04 Å². The highest BCUT2D eigenvalue weighted by Crippen LogP contribution is 2.26. The predicted octanol–water partition coefficient (Wildman–Crippen LogP) is 2.12. The molecule has 4 nitrogen and oxygen atoms in total. The van der Waals surface area contributed by atoms with Gasteiger partial charge in [0.2, 0.25) is 0 Å². The molecular formula is C17H26N2O2. The maximum Gasteiger partial charge on any atom is 0.120 e. The number of hydrogen-bond acceptors (Lipinski definition) is 4. The van der Waals surface area contributed by atoms with Gasteiger partial charge in [0.25, 0.3) is 0 Å². The summed E-state index contributed by atoms with van der Waals surface area (Å²) >= 11 is 0. The quantitative estimate of drug-likeness (QED) is 0.925. The van der Waals surface area contributed by atoms with Crippen molar-refractivity contribution in [1.29, 1.82) is 0 Å². The van der Waals surface area contributed by atoms with Crippen molar-refractivity contribution < 1.29 is 9.84 Å². The van der Waals surface area contributed by atoms with Crippen molar-refractivity contribution in [3.63, 3.8) is 0 Å². The fourth-order valence-electron chi connectivity index (χ4n) is 3.64. The molecule has 1 N–H and O–H groups in total. The molecule has 4 heteroatoms. The van der Waals surface area contributed by atoms with E-state index in [2.05, 4.69) is 21.9 Å². The van der Waals surface area contributed by atoms with Crippen molar-refractivity contribution in [1.82, 2.24) is 4.90 Å². The van der Waals surface area contributed by atoms with Gasteiger partial charge in [0, 0.05) is 44.0 Å². The minimum absolute atomic E-state index is 0.123. The molecule has 3 rings (SSSR count). The predicted molar refractivity (Wildman–Crippen MR) is 85.0 cm³/mol. The number of anilines is 1. The summed E-state index contributed by atoms with van der Waals surface area (Å²) in [5.74, 6) is 0.914. The molecule has 0 amide bonds. The summed E-state index contributed by atoms with van der Waals surface area (Å²) in [4.78, 5) is 4.90. The summed E-state index contributed by atoms with van der Waals surface area (Å²) in [7, 11) is 1.71. The molecule has 1 aliphatic carbocycles. The van der Waals surface area contributed by atoms with Gasteiger partial charge in [0.05, 0.1) is 13.2 Å². The Balaban J connectivity index is 1.59. The number of ether oxygens (including phenoxy) is 1. The fraction of sp³-hybridized carbons (Fsp3) is 0.647. The van der Waals surface area contributed by atoms with Gasteiger partial charge in [0.1, 0.15) is 5.75 Å². The van der Waals surface area contributed by atoms with Crippen LogP contribution in [-0.4, -0.2) is 55.4 Å². The molecule has 1 heterocycles. The Morgan fingerprint density at radius 1 is 1.10 bits per heavy atom. The second-order valence-corrected chi connectivity index (χ2v) is 6.14. The van der Waals surface area contributed by atoms with E-state index >= 15 is 0 Å². The van der Waals surface area contributed by atoms with Crippen LogP contribution in [0.4, 0.5) is 5.69 Å².